The van der Waals surface area contributed by atoms with E-state index >= 15 is 0 Å². The number of aryl methyl sites for hydroxylation is 1. The van der Waals surface area contributed by atoms with Crippen molar-refractivity contribution in [3.8, 4) is 11.5 Å². The SMILES string of the molecule is Cc1noc(-c2ccc(C(=O)N(Cc3ccccn3)c3ccc(F)cc3)cc2)n1. The molecule has 0 saturated heterocycles. The van der Waals surface area contributed by atoms with Crippen molar-refractivity contribution < 1.29 is 13.7 Å². The lowest BCUT2D eigenvalue weighted by atomic mass is 10.1. The van der Waals surface area contributed by atoms with Gasteiger partial charge in [0.15, 0.2) is 5.82 Å². The third-order valence-corrected chi connectivity index (χ3v) is 4.34. The molecule has 0 radical (unpaired) electrons. The summed E-state index contributed by atoms with van der Waals surface area (Å²) in [4.78, 5) is 23.3. The molecule has 29 heavy (non-hydrogen) atoms. The second-order valence-corrected chi connectivity index (χ2v) is 6.41. The van der Waals surface area contributed by atoms with E-state index in [1.807, 2.05) is 18.2 Å². The molecule has 144 valence electrons. The lowest BCUT2D eigenvalue weighted by Crippen LogP contribution is -2.30. The minimum Gasteiger partial charge on any atom is -0.334 e. The first kappa shape index (κ1) is 18.5. The molecule has 4 aromatic rings. The Morgan fingerprint density at radius 1 is 1.03 bits per heavy atom. The smallest absolute Gasteiger partial charge is 0.258 e. The highest BCUT2D eigenvalue weighted by Gasteiger charge is 2.19. The highest BCUT2D eigenvalue weighted by molar-refractivity contribution is 6.06. The molecule has 0 aliphatic rings. The zero-order valence-electron chi connectivity index (χ0n) is 15.6. The van der Waals surface area contributed by atoms with Crippen LogP contribution in [0.3, 0.4) is 0 Å². The molecule has 0 fully saturated rings. The number of halogens is 1. The van der Waals surface area contributed by atoms with Crippen LogP contribution in [0.2, 0.25) is 0 Å². The standard InChI is InChI=1S/C22H17FN4O2/c1-15-25-21(29-26-15)16-5-7-17(8-6-16)22(28)27(14-19-4-2-3-13-24-19)20-11-9-18(23)10-12-20/h2-13H,14H2,1H3. The average molecular weight is 388 g/mol. The molecule has 7 heteroatoms. The molecule has 2 aromatic heterocycles. The maximum absolute atomic E-state index is 13.4. The van der Waals surface area contributed by atoms with Gasteiger partial charge in [-0.3, -0.25) is 9.78 Å². The summed E-state index contributed by atoms with van der Waals surface area (Å²) in [6.07, 6.45) is 1.67. The summed E-state index contributed by atoms with van der Waals surface area (Å²) in [5, 5.41) is 3.77. The number of hydrogen-bond acceptors (Lipinski definition) is 5. The van der Waals surface area contributed by atoms with Gasteiger partial charge >= 0.3 is 0 Å². The first-order valence-corrected chi connectivity index (χ1v) is 8.98. The Hall–Kier alpha value is -3.87. The maximum Gasteiger partial charge on any atom is 0.258 e. The molecular weight excluding hydrogens is 371 g/mol. The van der Waals surface area contributed by atoms with Crippen molar-refractivity contribution >= 4 is 11.6 Å². The van der Waals surface area contributed by atoms with Crippen LogP contribution in [-0.4, -0.2) is 21.0 Å². The van der Waals surface area contributed by atoms with Crippen molar-refractivity contribution in [1.29, 1.82) is 0 Å². The number of amides is 1. The third-order valence-electron chi connectivity index (χ3n) is 4.34. The quantitative estimate of drug-likeness (QED) is 0.506. The molecule has 0 aliphatic heterocycles. The molecule has 0 unspecified atom stereocenters. The molecule has 4 rings (SSSR count). The molecule has 2 heterocycles. The van der Waals surface area contributed by atoms with E-state index in [1.54, 1.807) is 54.4 Å². The lowest BCUT2D eigenvalue weighted by molar-refractivity contribution is 0.0985. The molecule has 0 spiro atoms. The largest absolute Gasteiger partial charge is 0.334 e. The van der Waals surface area contributed by atoms with E-state index < -0.39 is 0 Å². The van der Waals surface area contributed by atoms with E-state index in [4.69, 9.17) is 4.52 Å². The lowest BCUT2D eigenvalue weighted by Gasteiger charge is -2.23. The van der Waals surface area contributed by atoms with Crippen molar-refractivity contribution in [3.05, 3.63) is 95.8 Å². The predicted molar refractivity (Wildman–Crippen MR) is 106 cm³/mol. The van der Waals surface area contributed by atoms with E-state index in [-0.39, 0.29) is 18.3 Å². The molecule has 0 atom stereocenters. The number of pyridine rings is 1. The van der Waals surface area contributed by atoms with Gasteiger partial charge in [-0.05, 0) is 67.6 Å². The van der Waals surface area contributed by atoms with Gasteiger partial charge in [-0.1, -0.05) is 11.2 Å². The molecule has 2 aromatic carbocycles. The Balaban J connectivity index is 1.64. The highest BCUT2D eigenvalue weighted by Crippen LogP contribution is 2.22. The topological polar surface area (TPSA) is 72.1 Å². The number of hydrogen-bond donors (Lipinski definition) is 0. The fraction of sp³-hybridized carbons (Fsp3) is 0.0909. The number of anilines is 1. The van der Waals surface area contributed by atoms with Crippen LogP contribution in [-0.2, 0) is 6.54 Å². The van der Waals surface area contributed by atoms with E-state index in [9.17, 15) is 9.18 Å². The van der Waals surface area contributed by atoms with Gasteiger partial charge in [-0.2, -0.15) is 4.98 Å². The number of carbonyl (C=O) groups excluding carboxylic acids is 1. The van der Waals surface area contributed by atoms with Gasteiger partial charge in [0.25, 0.3) is 11.8 Å². The summed E-state index contributed by atoms with van der Waals surface area (Å²) < 4.78 is 18.5. The summed E-state index contributed by atoms with van der Waals surface area (Å²) in [6.45, 7) is 2.00. The molecular formula is C22H17FN4O2. The first-order chi connectivity index (χ1) is 14.1. The second kappa shape index (κ2) is 8.02. The Kier molecular flexibility index (Phi) is 5.11. The summed E-state index contributed by atoms with van der Waals surface area (Å²) in [5.41, 5.74) is 2.51. The van der Waals surface area contributed by atoms with Gasteiger partial charge in [-0.25, -0.2) is 4.39 Å². The number of carbonyl (C=O) groups is 1. The van der Waals surface area contributed by atoms with Crippen LogP contribution in [0.4, 0.5) is 10.1 Å². The Labute approximate surface area is 166 Å². The number of rotatable bonds is 5. The molecule has 0 aliphatic carbocycles. The van der Waals surface area contributed by atoms with Gasteiger partial charge in [0.1, 0.15) is 5.82 Å². The van der Waals surface area contributed by atoms with Gasteiger partial charge in [-0.15, -0.1) is 0 Å². The number of benzene rings is 2. The van der Waals surface area contributed by atoms with Crippen LogP contribution in [0.1, 0.15) is 21.9 Å². The summed E-state index contributed by atoms with van der Waals surface area (Å²) >= 11 is 0. The zero-order chi connectivity index (χ0) is 20.2. The second-order valence-electron chi connectivity index (χ2n) is 6.41. The van der Waals surface area contributed by atoms with Crippen molar-refractivity contribution in [2.45, 2.75) is 13.5 Å². The Bertz CT molecular complexity index is 1110. The van der Waals surface area contributed by atoms with E-state index in [1.165, 1.54) is 12.1 Å². The molecule has 0 bridgehead atoms. The van der Waals surface area contributed by atoms with Gasteiger partial charge < -0.3 is 9.42 Å². The number of nitrogens with zero attached hydrogens (tertiary/aromatic N) is 4. The molecule has 0 saturated carbocycles. The fourth-order valence-electron chi connectivity index (χ4n) is 2.88. The average Bonchev–Trinajstić information content (AvgIpc) is 3.19. The van der Waals surface area contributed by atoms with E-state index in [2.05, 4.69) is 15.1 Å². The first-order valence-electron chi connectivity index (χ1n) is 8.98. The predicted octanol–water partition coefficient (Wildman–Crippen LogP) is 4.43. The molecule has 6 nitrogen and oxygen atoms in total. The fourth-order valence-corrected chi connectivity index (χ4v) is 2.88. The van der Waals surface area contributed by atoms with Crippen LogP contribution < -0.4 is 4.90 Å². The van der Waals surface area contributed by atoms with Crippen LogP contribution in [0.15, 0.2) is 77.4 Å². The molecule has 0 N–H and O–H groups in total. The van der Waals surface area contributed by atoms with Crippen molar-refractivity contribution in [2.24, 2.45) is 0 Å². The van der Waals surface area contributed by atoms with E-state index in [0.29, 0.717) is 23.0 Å². The van der Waals surface area contributed by atoms with E-state index in [0.717, 1.165) is 11.3 Å². The normalized spacial score (nSPS) is 10.7. The van der Waals surface area contributed by atoms with Gasteiger partial charge in [0.2, 0.25) is 0 Å². The van der Waals surface area contributed by atoms with Gasteiger partial charge in [0, 0.05) is 23.0 Å². The van der Waals surface area contributed by atoms with Crippen LogP contribution in [0.25, 0.3) is 11.5 Å². The van der Waals surface area contributed by atoms with Gasteiger partial charge in [0.05, 0.1) is 12.2 Å². The Morgan fingerprint density at radius 3 is 2.41 bits per heavy atom. The third kappa shape index (κ3) is 4.19. The zero-order valence-corrected chi connectivity index (χ0v) is 15.6. The summed E-state index contributed by atoms with van der Waals surface area (Å²) in [5.74, 6) is 0.345. The monoisotopic (exact) mass is 388 g/mol. The molecule has 1 amide bonds. The van der Waals surface area contributed by atoms with Crippen LogP contribution >= 0.6 is 0 Å². The highest BCUT2D eigenvalue weighted by atomic mass is 19.1. The van der Waals surface area contributed by atoms with Crippen LogP contribution in [0, 0.1) is 12.7 Å². The Morgan fingerprint density at radius 2 is 1.79 bits per heavy atom. The van der Waals surface area contributed by atoms with Crippen LogP contribution in [0.5, 0.6) is 0 Å². The summed E-state index contributed by atoms with van der Waals surface area (Å²) in [7, 11) is 0. The number of aromatic nitrogens is 3. The summed E-state index contributed by atoms with van der Waals surface area (Å²) in [6, 6.07) is 18.2. The van der Waals surface area contributed by atoms with Crippen molar-refractivity contribution in [3.63, 3.8) is 0 Å². The van der Waals surface area contributed by atoms with Crippen molar-refractivity contribution in [2.75, 3.05) is 4.90 Å². The minimum absolute atomic E-state index is 0.226. The maximum atomic E-state index is 13.4. The minimum atomic E-state index is -0.363. The van der Waals surface area contributed by atoms with Crippen molar-refractivity contribution in [1.82, 2.24) is 15.1 Å².